The fraction of sp³-hybridized carbons (Fsp3) is 0.600. The number of nitrogens with zero attached hydrogens (tertiary/aromatic N) is 1. The maximum atomic E-state index is 9.78. The van der Waals surface area contributed by atoms with E-state index in [1.54, 1.807) is 0 Å². The van der Waals surface area contributed by atoms with Crippen LogP contribution >= 0.6 is 0 Å². The highest BCUT2D eigenvalue weighted by Gasteiger charge is 2.33. The van der Waals surface area contributed by atoms with Gasteiger partial charge in [-0.3, -0.25) is 0 Å². The van der Waals surface area contributed by atoms with Crippen LogP contribution in [0.25, 0.3) is 0 Å². The first-order valence-electron chi connectivity index (χ1n) is 6.71. The van der Waals surface area contributed by atoms with Crippen LogP contribution in [-0.4, -0.2) is 29.9 Å². The van der Waals surface area contributed by atoms with Gasteiger partial charge in [-0.15, -0.1) is 0 Å². The Hall–Kier alpha value is -1.22. The lowest BCUT2D eigenvalue weighted by atomic mass is 9.88. The molecule has 2 rings (SSSR count). The molecule has 1 N–H and O–H groups in total. The van der Waals surface area contributed by atoms with E-state index in [9.17, 15) is 5.11 Å². The molecular weight excluding hydrogens is 226 g/mol. The van der Waals surface area contributed by atoms with Gasteiger partial charge in [0, 0.05) is 17.8 Å². The Balaban J connectivity index is 2.15. The predicted molar refractivity (Wildman–Crippen MR) is 74.3 cm³/mol. The Morgan fingerprint density at radius 3 is 2.56 bits per heavy atom. The molecule has 0 bridgehead atoms. The van der Waals surface area contributed by atoms with E-state index in [2.05, 4.69) is 30.9 Å². The molecule has 0 aromatic heterocycles. The summed E-state index contributed by atoms with van der Waals surface area (Å²) in [5.74, 6) is 0.913. The Labute approximate surface area is 109 Å². The van der Waals surface area contributed by atoms with Crippen LogP contribution in [0.15, 0.2) is 24.3 Å². The van der Waals surface area contributed by atoms with E-state index < -0.39 is 0 Å². The zero-order valence-corrected chi connectivity index (χ0v) is 11.5. The SMILES string of the molecule is CCOc1ccc(N2CCC(O)CC2(C)C)cc1. The zero-order valence-electron chi connectivity index (χ0n) is 11.5. The topological polar surface area (TPSA) is 32.7 Å². The quantitative estimate of drug-likeness (QED) is 0.894. The van der Waals surface area contributed by atoms with Crippen molar-refractivity contribution in [3.63, 3.8) is 0 Å². The molecule has 1 heterocycles. The Morgan fingerprint density at radius 1 is 1.33 bits per heavy atom. The van der Waals surface area contributed by atoms with Crippen LogP contribution in [0.4, 0.5) is 5.69 Å². The smallest absolute Gasteiger partial charge is 0.119 e. The standard InChI is InChI=1S/C15H23NO2/c1-4-18-14-7-5-12(6-8-14)16-10-9-13(17)11-15(16,2)3/h5-8,13,17H,4,9-11H2,1-3H3. The van der Waals surface area contributed by atoms with Crippen LogP contribution < -0.4 is 9.64 Å². The Kier molecular flexibility index (Phi) is 3.81. The van der Waals surface area contributed by atoms with Gasteiger partial charge in [0.15, 0.2) is 0 Å². The van der Waals surface area contributed by atoms with Gasteiger partial charge in [0.1, 0.15) is 5.75 Å². The molecular formula is C15H23NO2. The third kappa shape index (κ3) is 2.78. The van der Waals surface area contributed by atoms with Gasteiger partial charge in [-0.05, 0) is 57.9 Å². The minimum absolute atomic E-state index is 0.00476. The number of piperidine rings is 1. The van der Waals surface area contributed by atoms with E-state index in [1.807, 2.05) is 19.1 Å². The molecule has 1 saturated heterocycles. The first-order valence-corrected chi connectivity index (χ1v) is 6.71. The van der Waals surface area contributed by atoms with Crippen LogP contribution in [0, 0.1) is 0 Å². The molecule has 0 spiro atoms. The maximum Gasteiger partial charge on any atom is 0.119 e. The van der Waals surface area contributed by atoms with Crippen molar-refractivity contribution in [3.05, 3.63) is 24.3 Å². The average Bonchev–Trinajstić information content (AvgIpc) is 2.30. The lowest BCUT2D eigenvalue weighted by Gasteiger charge is -2.46. The fourth-order valence-corrected chi connectivity index (χ4v) is 2.74. The molecule has 1 aliphatic heterocycles. The van der Waals surface area contributed by atoms with Gasteiger partial charge in [-0.2, -0.15) is 0 Å². The van der Waals surface area contributed by atoms with Crippen molar-refractivity contribution in [2.75, 3.05) is 18.1 Å². The fourth-order valence-electron chi connectivity index (χ4n) is 2.74. The first-order chi connectivity index (χ1) is 8.53. The minimum Gasteiger partial charge on any atom is -0.494 e. The number of hydrogen-bond acceptors (Lipinski definition) is 3. The molecule has 1 fully saturated rings. The molecule has 0 aliphatic carbocycles. The van der Waals surface area contributed by atoms with Crippen molar-refractivity contribution in [2.24, 2.45) is 0 Å². The predicted octanol–water partition coefficient (Wildman–Crippen LogP) is 2.83. The Morgan fingerprint density at radius 2 is 2.00 bits per heavy atom. The number of benzene rings is 1. The summed E-state index contributed by atoms with van der Waals surface area (Å²) >= 11 is 0. The van der Waals surface area contributed by atoms with Gasteiger partial charge >= 0.3 is 0 Å². The molecule has 1 unspecified atom stereocenters. The molecule has 3 nitrogen and oxygen atoms in total. The van der Waals surface area contributed by atoms with Crippen LogP contribution in [-0.2, 0) is 0 Å². The van der Waals surface area contributed by atoms with E-state index in [1.165, 1.54) is 5.69 Å². The molecule has 1 aliphatic rings. The van der Waals surface area contributed by atoms with Crippen LogP contribution in [0.2, 0.25) is 0 Å². The van der Waals surface area contributed by atoms with Gasteiger partial charge in [0.25, 0.3) is 0 Å². The maximum absolute atomic E-state index is 9.78. The monoisotopic (exact) mass is 249 g/mol. The van der Waals surface area contributed by atoms with Crippen molar-refractivity contribution in [3.8, 4) is 5.75 Å². The van der Waals surface area contributed by atoms with E-state index >= 15 is 0 Å². The number of aliphatic hydroxyl groups is 1. The molecule has 0 amide bonds. The van der Waals surface area contributed by atoms with E-state index in [0.717, 1.165) is 25.1 Å². The second-order valence-electron chi connectivity index (χ2n) is 5.54. The molecule has 100 valence electrons. The van der Waals surface area contributed by atoms with Crippen molar-refractivity contribution < 1.29 is 9.84 Å². The third-order valence-electron chi connectivity index (χ3n) is 3.61. The second-order valence-corrected chi connectivity index (χ2v) is 5.54. The van der Waals surface area contributed by atoms with Crippen molar-refractivity contribution in [2.45, 2.75) is 45.3 Å². The molecule has 1 aromatic carbocycles. The number of aliphatic hydroxyl groups excluding tert-OH is 1. The van der Waals surface area contributed by atoms with E-state index in [4.69, 9.17) is 4.74 Å². The molecule has 0 radical (unpaired) electrons. The summed E-state index contributed by atoms with van der Waals surface area (Å²) in [6.07, 6.45) is 1.50. The van der Waals surface area contributed by atoms with Crippen molar-refractivity contribution >= 4 is 5.69 Å². The second kappa shape index (κ2) is 5.19. The summed E-state index contributed by atoms with van der Waals surface area (Å²) in [5, 5.41) is 9.78. The number of hydrogen-bond donors (Lipinski definition) is 1. The summed E-state index contributed by atoms with van der Waals surface area (Å²) in [4.78, 5) is 2.37. The molecule has 18 heavy (non-hydrogen) atoms. The summed E-state index contributed by atoms with van der Waals surface area (Å²) < 4.78 is 5.46. The van der Waals surface area contributed by atoms with Gasteiger partial charge in [0.2, 0.25) is 0 Å². The number of ether oxygens (including phenoxy) is 1. The highest BCUT2D eigenvalue weighted by atomic mass is 16.5. The van der Waals surface area contributed by atoms with Crippen LogP contribution in [0.5, 0.6) is 5.75 Å². The summed E-state index contributed by atoms with van der Waals surface area (Å²) in [5.41, 5.74) is 1.21. The summed E-state index contributed by atoms with van der Waals surface area (Å²) in [6, 6.07) is 8.23. The average molecular weight is 249 g/mol. The molecule has 3 heteroatoms. The lowest BCUT2D eigenvalue weighted by molar-refractivity contribution is 0.107. The first kappa shape index (κ1) is 13.2. The van der Waals surface area contributed by atoms with Crippen LogP contribution in [0.3, 0.4) is 0 Å². The van der Waals surface area contributed by atoms with Crippen molar-refractivity contribution in [1.29, 1.82) is 0 Å². The summed E-state index contributed by atoms with van der Waals surface area (Å²) in [7, 11) is 0. The molecule has 0 saturated carbocycles. The van der Waals surface area contributed by atoms with Crippen molar-refractivity contribution in [1.82, 2.24) is 0 Å². The zero-order chi connectivity index (χ0) is 13.2. The van der Waals surface area contributed by atoms with Gasteiger partial charge in [-0.25, -0.2) is 0 Å². The summed E-state index contributed by atoms with van der Waals surface area (Å²) in [6.45, 7) is 7.96. The highest BCUT2D eigenvalue weighted by molar-refractivity contribution is 5.51. The van der Waals surface area contributed by atoms with E-state index in [0.29, 0.717) is 6.61 Å². The van der Waals surface area contributed by atoms with E-state index in [-0.39, 0.29) is 11.6 Å². The van der Waals surface area contributed by atoms with Gasteiger partial charge in [-0.1, -0.05) is 0 Å². The molecule has 1 atom stereocenters. The van der Waals surface area contributed by atoms with Crippen LogP contribution in [0.1, 0.15) is 33.6 Å². The lowest BCUT2D eigenvalue weighted by Crippen LogP contribution is -2.51. The third-order valence-corrected chi connectivity index (χ3v) is 3.61. The number of anilines is 1. The Bertz CT molecular complexity index is 386. The molecule has 1 aromatic rings. The number of rotatable bonds is 3. The highest BCUT2D eigenvalue weighted by Crippen LogP contribution is 2.33. The normalized spacial score (nSPS) is 22.9. The van der Waals surface area contributed by atoms with Gasteiger partial charge in [0.05, 0.1) is 12.7 Å². The largest absolute Gasteiger partial charge is 0.494 e. The minimum atomic E-state index is -0.168. The van der Waals surface area contributed by atoms with Gasteiger partial charge < -0.3 is 14.7 Å².